The van der Waals surface area contributed by atoms with Gasteiger partial charge in [-0.1, -0.05) is 65.7 Å². The van der Waals surface area contributed by atoms with Crippen LogP contribution in [0.5, 0.6) is 0 Å². The van der Waals surface area contributed by atoms with E-state index in [1.165, 1.54) is 20.0 Å². The Bertz CT molecular complexity index is 343. The molecule has 0 heterocycles. The fourth-order valence-electron chi connectivity index (χ4n) is 2.61. The third kappa shape index (κ3) is 12.5. The van der Waals surface area contributed by atoms with Gasteiger partial charge in [0.1, 0.15) is 0 Å². The van der Waals surface area contributed by atoms with Gasteiger partial charge in [-0.15, -0.1) is 0 Å². The molecule has 7 heteroatoms. The molecule has 0 saturated heterocycles. The number of carbonyl (C=O) groups excluding carboxylic acids is 1. The second-order valence-corrected chi connectivity index (χ2v) is 6.22. The number of methoxy groups -OCH3 is 1. The van der Waals surface area contributed by atoms with Crippen LogP contribution in [-0.2, 0) is 9.53 Å². The zero-order valence-corrected chi connectivity index (χ0v) is 16.6. The average Bonchev–Trinajstić information content (AvgIpc) is 2.59. The number of alkyl halides is 5. The summed E-state index contributed by atoms with van der Waals surface area (Å²) in [5, 5.41) is 0. The molecule has 1 unspecified atom stereocenters. The number of rotatable bonds is 13. The van der Waals surface area contributed by atoms with E-state index in [0.29, 0.717) is 6.42 Å². The van der Waals surface area contributed by atoms with Crippen molar-refractivity contribution in [3.05, 3.63) is 0 Å². The molecule has 158 valence electrons. The molecule has 0 aliphatic rings. The molecule has 0 spiro atoms. The molecule has 0 rings (SSSR count). The normalized spacial score (nSPS) is 13.0. The number of ether oxygens (including phenoxy) is 1. The second kappa shape index (κ2) is 15.2. The fraction of sp³-hybridized carbons (Fsp3) is 0.947. The maximum absolute atomic E-state index is 12.9. The van der Waals surface area contributed by atoms with Crippen LogP contribution in [-0.4, -0.2) is 25.2 Å². The minimum Gasteiger partial charge on any atom is -0.469 e. The fourth-order valence-corrected chi connectivity index (χ4v) is 2.61. The van der Waals surface area contributed by atoms with Crippen LogP contribution in [0.3, 0.4) is 0 Å². The minimum absolute atomic E-state index is 0.00578. The Kier molecular flexibility index (Phi) is 16.0. The van der Waals surface area contributed by atoms with E-state index in [9.17, 15) is 26.7 Å². The lowest BCUT2D eigenvalue weighted by molar-refractivity contribution is -0.284. The van der Waals surface area contributed by atoms with Crippen molar-refractivity contribution in [2.24, 2.45) is 5.92 Å². The van der Waals surface area contributed by atoms with Crippen molar-refractivity contribution in [2.45, 2.75) is 103 Å². The number of carbonyl (C=O) groups is 1. The third-order valence-corrected chi connectivity index (χ3v) is 4.15. The highest BCUT2D eigenvalue weighted by Crippen LogP contribution is 2.39. The molecule has 2 nitrogen and oxygen atoms in total. The lowest BCUT2D eigenvalue weighted by Crippen LogP contribution is -2.36. The molecule has 0 amide bonds. The van der Waals surface area contributed by atoms with E-state index in [1.54, 1.807) is 0 Å². The molecule has 0 aromatic carbocycles. The Morgan fingerprint density at radius 1 is 0.846 bits per heavy atom. The van der Waals surface area contributed by atoms with Gasteiger partial charge < -0.3 is 4.74 Å². The van der Waals surface area contributed by atoms with Crippen LogP contribution in [0.15, 0.2) is 0 Å². The minimum atomic E-state index is -5.54. The van der Waals surface area contributed by atoms with Gasteiger partial charge in [-0.25, -0.2) is 0 Å². The van der Waals surface area contributed by atoms with E-state index in [2.05, 4.69) is 11.7 Å². The summed E-state index contributed by atoms with van der Waals surface area (Å²) in [6.07, 6.45) is 0.642. The van der Waals surface area contributed by atoms with Crippen LogP contribution in [0.25, 0.3) is 0 Å². The van der Waals surface area contributed by atoms with Crippen LogP contribution in [0.2, 0.25) is 0 Å². The summed E-state index contributed by atoms with van der Waals surface area (Å²) in [7, 11) is 1.20. The second-order valence-electron chi connectivity index (χ2n) is 6.22. The van der Waals surface area contributed by atoms with E-state index in [-0.39, 0.29) is 12.8 Å². The van der Waals surface area contributed by atoms with Crippen molar-refractivity contribution < 1.29 is 31.5 Å². The topological polar surface area (TPSA) is 26.3 Å². The highest BCUT2D eigenvalue weighted by molar-refractivity contribution is 5.72. The zero-order chi connectivity index (χ0) is 20.6. The van der Waals surface area contributed by atoms with Crippen LogP contribution in [0, 0.1) is 5.92 Å². The number of esters is 1. The third-order valence-electron chi connectivity index (χ3n) is 4.15. The predicted molar refractivity (Wildman–Crippen MR) is 94.3 cm³/mol. The predicted octanol–water partition coefficient (Wildman–Crippen LogP) is 7.31. The standard InChI is InChI=1S/C17H29F5O2.C2H6/c1-3-4-5-6-7-8-9-11-14(15(23)24-2)12-10-13-16(18,19)17(20,21)22;1-2/h14H,3-13H2,1-2H3;1-2H3. The molecule has 0 bridgehead atoms. The summed E-state index contributed by atoms with van der Waals surface area (Å²) >= 11 is 0. The van der Waals surface area contributed by atoms with E-state index < -0.39 is 30.4 Å². The van der Waals surface area contributed by atoms with E-state index in [0.717, 1.165) is 32.1 Å². The van der Waals surface area contributed by atoms with Crippen LogP contribution in [0.1, 0.15) is 91.4 Å². The maximum atomic E-state index is 12.9. The Hall–Kier alpha value is -0.880. The molecule has 1 atom stereocenters. The van der Waals surface area contributed by atoms with E-state index in [1.807, 2.05) is 13.8 Å². The first-order valence-electron chi connectivity index (χ1n) is 9.68. The first kappa shape index (κ1) is 27.3. The van der Waals surface area contributed by atoms with Gasteiger partial charge in [0.05, 0.1) is 13.0 Å². The SMILES string of the molecule is CC.CCCCCCCCCC(CCCC(F)(F)C(F)(F)F)C(=O)OC. The van der Waals surface area contributed by atoms with Gasteiger partial charge in [-0.2, -0.15) is 22.0 Å². The molecule has 26 heavy (non-hydrogen) atoms. The molecule has 0 fully saturated rings. The van der Waals surface area contributed by atoms with E-state index >= 15 is 0 Å². The number of halogens is 5. The van der Waals surface area contributed by atoms with Crippen molar-refractivity contribution in [3.8, 4) is 0 Å². The average molecular weight is 390 g/mol. The summed E-state index contributed by atoms with van der Waals surface area (Å²) in [6, 6.07) is 0. The maximum Gasteiger partial charge on any atom is 0.453 e. The lowest BCUT2D eigenvalue weighted by atomic mass is 9.94. The van der Waals surface area contributed by atoms with Crippen molar-refractivity contribution in [1.29, 1.82) is 0 Å². The summed E-state index contributed by atoms with van der Waals surface area (Å²) in [6.45, 7) is 6.13. The molecule has 0 saturated carbocycles. The van der Waals surface area contributed by atoms with Crippen LogP contribution >= 0.6 is 0 Å². The Morgan fingerprint density at radius 3 is 1.77 bits per heavy atom. The first-order valence-corrected chi connectivity index (χ1v) is 9.68. The largest absolute Gasteiger partial charge is 0.469 e. The Balaban J connectivity index is 0. The van der Waals surface area contributed by atoms with Gasteiger partial charge in [0.15, 0.2) is 0 Å². The quantitative estimate of drug-likeness (QED) is 0.187. The van der Waals surface area contributed by atoms with Gasteiger partial charge in [-0.05, 0) is 19.3 Å². The van der Waals surface area contributed by atoms with Gasteiger partial charge in [-0.3, -0.25) is 4.79 Å². The van der Waals surface area contributed by atoms with Crippen molar-refractivity contribution in [1.82, 2.24) is 0 Å². The zero-order valence-electron chi connectivity index (χ0n) is 16.6. The molecular weight excluding hydrogens is 355 g/mol. The monoisotopic (exact) mass is 390 g/mol. The first-order chi connectivity index (χ1) is 12.2. The molecule has 0 N–H and O–H groups in total. The van der Waals surface area contributed by atoms with Gasteiger partial charge >= 0.3 is 18.1 Å². The number of hydrogen-bond donors (Lipinski definition) is 0. The van der Waals surface area contributed by atoms with Crippen molar-refractivity contribution in [2.75, 3.05) is 7.11 Å². The number of hydrogen-bond acceptors (Lipinski definition) is 2. The van der Waals surface area contributed by atoms with Crippen LogP contribution in [0.4, 0.5) is 22.0 Å². The van der Waals surface area contributed by atoms with Crippen molar-refractivity contribution >= 4 is 5.97 Å². The summed E-state index contributed by atoms with van der Waals surface area (Å²) in [5.41, 5.74) is 0. The Labute approximate surface area is 154 Å². The smallest absolute Gasteiger partial charge is 0.453 e. The molecule has 0 aromatic rings. The highest BCUT2D eigenvalue weighted by Gasteiger charge is 2.56. The molecule has 0 aromatic heterocycles. The van der Waals surface area contributed by atoms with Gasteiger partial charge in [0.25, 0.3) is 0 Å². The molecule has 0 radical (unpaired) electrons. The molecular formula is C19H35F5O2. The van der Waals surface area contributed by atoms with E-state index in [4.69, 9.17) is 0 Å². The van der Waals surface area contributed by atoms with Crippen LogP contribution < -0.4 is 0 Å². The van der Waals surface area contributed by atoms with Gasteiger partial charge in [0, 0.05) is 6.42 Å². The summed E-state index contributed by atoms with van der Waals surface area (Å²) < 4.78 is 66.7. The van der Waals surface area contributed by atoms with Gasteiger partial charge in [0.2, 0.25) is 0 Å². The lowest BCUT2D eigenvalue weighted by Gasteiger charge is -2.20. The summed E-state index contributed by atoms with van der Waals surface area (Å²) in [4.78, 5) is 11.6. The summed E-state index contributed by atoms with van der Waals surface area (Å²) in [5.74, 6) is -5.83. The highest BCUT2D eigenvalue weighted by atomic mass is 19.4. The Morgan fingerprint density at radius 2 is 1.31 bits per heavy atom. The van der Waals surface area contributed by atoms with Crippen molar-refractivity contribution in [3.63, 3.8) is 0 Å². The molecule has 0 aliphatic heterocycles. The number of unbranched alkanes of at least 4 members (excludes halogenated alkanes) is 6. The molecule has 0 aliphatic carbocycles.